The van der Waals surface area contributed by atoms with Crippen molar-refractivity contribution in [2.24, 2.45) is 0 Å². The Kier molecular flexibility index (Phi) is 5.95. The zero-order valence-corrected chi connectivity index (χ0v) is 13.1. The minimum atomic E-state index is -0.00668. The number of rotatable bonds is 7. The van der Waals surface area contributed by atoms with Crippen LogP contribution in [0.5, 0.6) is 5.75 Å². The zero-order valence-electron chi connectivity index (χ0n) is 13.1. The van der Waals surface area contributed by atoms with E-state index < -0.39 is 0 Å². The van der Waals surface area contributed by atoms with Crippen LogP contribution in [-0.4, -0.2) is 17.5 Å². The maximum atomic E-state index is 11.9. The first kappa shape index (κ1) is 16.0. The molecule has 0 saturated carbocycles. The van der Waals surface area contributed by atoms with Gasteiger partial charge in [0.15, 0.2) is 0 Å². The van der Waals surface area contributed by atoms with E-state index in [0.29, 0.717) is 19.4 Å². The summed E-state index contributed by atoms with van der Waals surface area (Å²) in [6.07, 6.45) is 4.62. The van der Waals surface area contributed by atoms with Gasteiger partial charge in [-0.3, -0.25) is 9.78 Å². The molecule has 2 rings (SSSR count). The van der Waals surface area contributed by atoms with Gasteiger partial charge in [0, 0.05) is 18.8 Å². The van der Waals surface area contributed by atoms with Crippen LogP contribution in [-0.2, 0) is 4.79 Å². The van der Waals surface area contributed by atoms with Crippen molar-refractivity contribution in [1.29, 1.82) is 0 Å². The first-order valence-electron chi connectivity index (χ1n) is 7.54. The molecule has 4 nitrogen and oxygen atoms in total. The number of nitrogens with one attached hydrogen (secondary N) is 1. The quantitative estimate of drug-likeness (QED) is 0.797. The summed E-state index contributed by atoms with van der Waals surface area (Å²) in [5.74, 6) is 0.922. The molecule has 0 aliphatic carbocycles. The predicted molar refractivity (Wildman–Crippen MR) is 86.7 cm³/mol. The van der Waals surface area contributed by atoms with Crippen LogP contribution in [0.25, 0.3) is 0 Å². The van der Waals surface area contributed by atoms with E-state index in [1.54, 1.807) is 12.4 Å². The molecule has 1 unspecified atom stereocenters. The number of aryl methyl sites for hydroxylation is 1. The second-order valence-corrected chi connectivity index (χ2v) is 5.29. The van der Waals surface area contributed by atoms with Crippen molar-refractivity contribution >= 4 is 5.91 Å². The Morgan fingerprint density at radius 3 is 2.68 bits per heavy atom. The maximum absolute atomic E-state index is 11.9. The number of carbonyl (C=O) groups is 1. The Morgan fingerprint density at radius 1 is 1.23 bits per heavy atom. The lowest BCUT2D eigenvalue weighted by atomic mass is 10.1. The van der Waals surface area contributed by atoms with E-state index in [1.165, 1.54) is 0 Å². The third-order valence-corrected chi connectivity index (χ3v) is 3.48. The summed E-state index contributed by atoms with van der Waals surface area (Å²) < 4.78 is 5.69. The van der Waals surface area contributed by atoms with Crippen molar-refractivity contribution in [3.05, 3.63) is 59.9 Å². The standard InChI is InChI=1S/C18H22N2O2/c1-14-6-3-4-7-17(14)22-13-5-8-18(21)20-15(2)16-9-11-19-12-10-16/h3-4,6-7,9-12,15H,5,8,13H2,1-2H3,(H,20,21). The molecule has 0 aliphatic heterocycles. The van der Waals surface area contributed by atoms with Gasteiger partial charge in [-0.25, -0.2) is 0 Å². The molecule has 1 atom stereocenters. The third-order valence-electron chi connectivity index (χ3n) is 3.48. The van der Waals surface area contributed by atoms with Crippen LogP contribution in [0.4, 0.5) is 0 Å². The summed E-state index contributed by atoms with van der Waals surface area (Å²) in [7, 11) is 0. The average Bonchev–Trinajstić information content (AvgIpc) is 2.54. The van der Waals surface area contributed by atoms with Gasteiger partial charge in [0.25, 0.3) is 0 Å². The van der Waals surface area contributed by atoms with Crippen LogP contribution in [0.1, 0.15) is 36.9 Å². The number of ether oxygens (including phenoxy) is 1. The molecular weight excluding hydrogens is 276 g/mol. The molecule has 0 bridgehead atoms. The van der Waals surface area contributed by atoms with Gasteiger partial charge in [-0.05, 0) is 49.6 Å². The van der Waals surface area contributed by atoms with Gasteiger partial charge in [-0.15, -0.1) is 0 Å². The van der Waals surface area contributed by atoms with Crippen molar-refractivity contribution < 1.29 is 9.53 Å². The number of hydrogen-bond donors (Lipinski definition) is 1. The fourth-order valence-corrected chi connectivity index (χ4v) is 2.18. The highest BCUT2D eigenvalue weighted by atomic mass is 16.5. The van der Waals surface area contributed by atoms with E-state index >= 15 is 0 Å². The molecule has 0 spiro atoms. The first-order chi connectivity index (χ1) is 10.7. The summed E-state index contributed by atoms with van der Waals surface area (Å²) in [5, 5.41) is 2.98. The van der Waals surface area contributed by atoms with Crippen molar-refractivity contribution in [2.75, 3.05) is 6.61 Å². The van der Waals surface area contributed by atoms with Gasteiger partial charge in [0.1, 0.15) is 5.75 Å². The highest BCUT2D eigenvalue weighted by Crippen LogP contribution is 2.16. The number of pyridine rings is 1. The van der Waals surface area contributed by atoms with E-state index in [-0.39, 0.29) is 11.9 Å². The first-order valence-corrected chi connectivity index (χ1v) is 7.54. The molecule has 0 fully saturated rings. The molecule has 0 aliphatic rings. The molecule has 1 heterocycles. The summed E-state index contributed by atoms with van der Waals surface area (Å²) in [5.41, 5.74) is 2.16. The van der Waals surface area contributed by atoms with Crippen molar-refractivity contribution in [3.63, 3.8) is 0 Å². The smallest absolute Gasteiger partial charge is 0.220 e. The van der Waals surface area contributed by atoms with E-state index in [2.05, 4.69) is 10.3 Å². The fourth-order valence-electron chi connectivity index (χ4n) is 2.18. The van der Waals surface area contributed by atoms with Crippen LogP contribution in [0.2, 0.25) is 0 Å². The molecule has 0 saturated heterocycles. The largest absolute Gasteiger partial charge is 0.493 e. The maximum Gasteiger partial charge on any atom is 0.220 e. The number of para-hydroxylation sites is 1. The summed E-state index contributed by atoms with van der Waals surface area (Å²) in [6, 6.07) is 11.7. The number of nitrogens with zero attached hydrogens (tertiary/aromatic N) is 1. The second-order valence-electron chi connectivity index (χ2n) is 5.29. The van der Waals surface area contributed by atoms with Crippen molar-refractivity contribution in [3.8, 4) is 5.75 Å². The molecule has 0 radical (unpaired) electrons. The molecule has 116 valence electrons. The third kappa shape index (κ3) is 4.88. The highest BCUT2D eigenvalue weighted by Gasteiger charge is 2.09. The van der Waals surface area contributed by atoms with E-state index in [1.807, 2.05) is 50.2 Å². The van der Waals surface area contributed by atoms with Crippen molar-refractivity contribution in [1.82, 2.24) is 10.3 Å². The van der Waals surface area contributed by atoms with Gasteiger partial charge in [0.05, 0.1) is 12.6 Å². The molecular formula is C18H22N2O2. The Balaban J connectivity index is 1.69. The van der Waals surface area contributed by atoms with E-state index in [4.69, 9.17) is 4.74 Å². The molecule has 2 aromatic rings. The fraction of sp³-hybridized carbons (Fsp3) is 0.333. The van der Waals surface area contributed by atoms with Gasteiger partial charge in [0.2, 0.25) is 5.91 Å². The summed E-state index contributed by atoms with van der Waals surface area (Å²) in [6.45, 7) is 4.53. The summed E-state index contributed by atoms with van der Waals surface area (Å²) in [4.78, 5) is 15.9. The van der Waals surface area contributed by atoms with Crippen LogP contribution in [0.3, 0.4) is 0 Å². The minimum absolute atomic E-state index is 0.00668. The normalized spacial score (nSPS) is 11.7. The average molecular weight is 298 g/mol. The molecule has 1 aromatic heterocycles. The van der Waals surface area contributed by atoms with Gasteiger partial charge >= 0.3 is 0 Å². The number of hydrogen-bond acceptors (Lipinski definition) is 3. The van der Waals surface area contributed by atoms with Crippen molar-refractivity contribution in [2.45, 2.75) is 32.7 Å². The lowest BCUT2D eigenvalue weighted by Crippen LogP contribution is -2.26. The molecule has 1 aromatic carbocycles. The second kappa shape index (κ2) is 8.17. The zero-order chi connectivity index (χ0) is 15.8. The van der Waals surface area contributed by atoms with Gasteiger partial charge in [-0.2, -0.15) is 0 Å². The Bertz CT molecular complexity index is 599. The van der Waals surface area contributed by atoms with Crippen LogP contribution in [0, 0.1) is 6.92 Å². The highest BCUT2D eigenvalue weighted by molar-refractivity contribution is 5.76. The lowest BCUT2D eigenvalue weighted by molar-refractivity contribution is -0.121. The van der Waals surface area contributed by atoms with Crippen LogP contribution in [0.15, 0.2) is 48.8 Å². The number of carbonyl (C=O) groups excluding carboxylic acids is 1. The lowest BCUT2D eigenvalue weighted by Gasteiger charge is -2.14. The Hall–Kier alpha value is -2.36. The van der Waals surface area contributed by atoms with E-state index in [0.717, 1.165) is 16.9 Å². The number of amides is 1. The Morgan fingerprint density at radius 2 is 1.95 bits per heavy atom. The minimum Gasteiger partial charge on any atom is -0.493 e. The SMILES string of the molecule is Cc1ccccc1OCCCC(=O)NC(C)c1ccncc1. The molecule has 4 heteroatoms. The molecule has 22 heavy (non-hydrogen) atoms. The monoisotopic (exact) mass is 298 g/mol. The number of aromatic nitrogens is 1. The number of benzene rings is 1. The predicted octanol–water partition coefficient (Wildman–Crippen LogP) is 3.43. The molecule has 1 amide bonds. The van der Waals surface area contributed by atoms with Crippen LogP contribution < -0.4 is 10.1 Å². The van der Waals surface area contributed by atoms with Gasteiger partial charge < -0.3 is 10.1 Å². The van der Waals surface area contributed by atoms with Crippen LogP contribution >= 0.6 is 0 Å². The van der Waals surface area contributed by atoms with Gasteiger partial charge in [-0.1, -0.05) is 18.2 Å². The van der Waals surface area contributed by atoms with E-state index in [9.17, 15) is 4.79 Å². The Labute approximate surface area is 131 Å². The topological polar surface area (TPSA) is 51.2 Å². The molecule has 1 N–H and O–H groups in total. The summed E-state index contributed by atoms with van der Waals surface area (Å²) >= 11 is 0.